The summed E-state index contributed by atoms with van der Waals surface area (Å²) in [6.07, 6.45) is 9.16. The molecule has 0 aromatic heterocycles. The molecule has 0 bridgehead atoms. The molecule has 0 amide bonds. The highest BCUT2D eigenvalue weighted by Gasteiger charge is 2.13. The van der Waals surface area contributed by atoms with Gasteiger partial charge in [0.15, 0.2) is 0 Å². The standard InChI is InChI=1S/C10H19N3.ClH/c1-2-5-9(6-3-1)12-13-10-7-4-8-11-10;/h9,12H,1-8H2,(H,11,13);1H. The molecule has 2 aliphatic rings. The SMILES string of the molecule is C1CCC(NNC2=NCCC2)CC1.Cl. The van der Waals surface area contributed by atoms with Gasteiger partial charge in [-0.25, -0.2) is 5.43 Å². The Morgan fingerprint density at radius 3 is 2.50 bits per heavy atom. The van der Waals surface area contributed by atoms with Gasteiger partial charge in [0.1, 0.15) is 5.84 Å². The second-order valence-corrected chi connectivity index (χ2v) is 4.04. The number of hydrogen-bond donors (Lipinski definition) is 2. The first-order valence-corrected chi connectivity index (χ1v) is 5.50. The lowest BCUT2D eigenvalue weighted by atomic mass is 9.96. The van der Waals surface area contributed by atoms with Crippen LogP contribution < -0.4 is 10.9 Å². The number of hydrazine groups is 1. The second kappa shape index (κ2) is 6.25. The quantitative estimate of drug-likeness (QED) is 0.695. The van der Waals surface area contributed by atoms with Crippen LogP contribution in [0.2, 0.25) is 0 Å². The van der Waals surface area contributed by atoms with Crippen LogP contribution in [0.15, 0.2) is 4.99 Å². The summed E-state index contributed by atoms with van der Waals surface area (Å²) in [5.41, 5.74) is 6.63. The minimum Gasteiger partial charge on any atom is -0.309 e. The zero-order valence-electron chi connectivity index (χ0n) is 8.59. The first-order valence-electron chi connectivity index (χ1n) is 5.50. The number of rotatable bonds is 2. The number of nitrogens with zero attached hydrogens (tertiary/aromatic N) is 1. The highest BCUT2D eigenvalue weighted by molar-refractivity contribution is 5.85. The van der Waals surface area contributed by atoms with E-state index in [-0.39, 0.29) is 12.4 Å². The second-order valence-electron chi connectivity index (χ2n) is 4.04. The minimum atomic E-state index is 0. The van der Waals surface area contributed by atoms with Crippen molar-refractivity contribution in [3.63, 3.8) is 0 Å². The third kappa shape index (κ3) is 3.46. The Morgan fingerprint density at radius 2 is 1.86 bits per heavy atom. The molecule has 0 aromatic rings. The van der Waals surface area contributed by atoms with Crippen molar-refractivity contribution >= 4 is 18.2 Å². The van der Waals surface area contributed by atoms with Crippen LogP contribution in [0.5, 0.6) is 0 Å². The molecule has 0 spiro atoms. The highest BCUT2D eigenvalue weighted by atomic mass is 35.5. The molecule has 1 fully saturated rings. The molecular formula is C10H20ClN3. The Hall–Kier alpha value is -0.280. The zero-order valence-corrected chi connectivity index (χ0v) is 9.41. The average Bonchev–Trinajstić information content (AvgIpc) is 2.69. The molecule has 1 aliphatic carbocycles. The fourth-order valence-corrected chi connectivity index (χ4v) is 2.07. The smallest absolute Gasteiger partial charge is 0.111 e. The Labute approximate surface area is 92.1 Å². The predicted molar refractivity (Wildman–Crippen MR) is 61.9 cm³/mol. The van der Waals surface area contributed by atoms with Gasteiger partial charge in [0, 0.05) is 19.0 Å². The van der Waals surface area contributed by atoms with Crippen LogP contribution in [0.25, 0.3) is 0 Å². The molecule has 3 nitrogen and oxygen atoms in total. The van der Waals surface area contributed by atoms with Gasteiger partial charge >= 0.3 is 0 Å². The monoisotopic (exact) mass is 217 g/mol. The maximum absolute atomic E-state index is 4.36. The van der Waals surface area contributed by atoms with Gasteiger partial charge in [-0.05, 0) is 19.3 Å². The molecule has 0 saturated heterocycles. The van der Waals surface area contributed by atoms with Crippen molar-refractivity contribution in [1.82, 2.24) is 10.9 Å². The zero-order chi connectivity index (χ0) is 8.93. The van der Waals surface area contributed by atoms with Crippen LogP contribution in [-0.2, 0) is 0 Å². The number of aliphatic imine (C=N–C) groups is 1. The van der Waals surface area contributed by atoms with Gasteiger partial charge in [-0.15, -0.1) is 12.4 Å². The van der Waals surface area contributed by atoms with Crippen molar-refractivity contribution in [3.8, 4) is 0 Å². The van der Waals surface area contributed by atoms with E-state index in [2.05, 4.69) is 15.8 Å². The third-order valence-electron chi connectivity index (χ3n) is 2.90. The van der Waals surface area contributed by atoms with Crippen molar-refractivity contribution in [1.29, 1.82) is 0 Å². The minimum absolute atomic E-state index is 0. The van der Waals surface area contributed by atoms with E-state index in [4.69, 9.17) is 0 Å². The summed E-state index contributed by atoms with van der Waals surface area (Å²) in [5.74, 6) is 1.16. The average molecular weight is 218 g/mol. The normalized spacial score (nSPS) is 22.7. The summed E-state index contributed by atoms with van der Waals surface area (Å²) < 4.78 is 0. The van der Waals surface area contributed by atoms with E-state index in [0.717, 1.165) is 18.8 Å². The van der Waals surface area contributed by atoms with E-state index in [0.29, 0.717) is 6.04 Å². The number of halogens is 1. The summed E-state index contributed by atoms with van der Waals surface area (Å²) in [4.78, 5) is 4.36. The van der Waals surface area contributed by atoms with Crippen molar-refractivity contribution in [2.24, 2.45) is 4.99 Å². The number of amidine groups is 1. The van der Waals surface area contributed by atoms with E-state index in [9.17, 15) is 0 Å². The summed E-state index contributed by atoms with van der Waals surface area (Å²) >= 11 is 0. The van der Waals surface area contributed by atoms with Gasteiger partial charge in [-0.1, -0.05) is 19.3 Å². The Kier molecular flexibility index (Phi) is 5.26. The van der Waals surface area contributed by atoms with Gasteiger partial charge < -0.3 is 5.43 Å². The molecule has 82 valence electrons. The van der Waals surface area contributed by atoms with Crippen molar-refractivity contribution in [3.05, 3.63) is 0 Å². The maximum Gasteiger partial charge on any atom is 0.111 e. The lowest BCUT2D eigenvalue weighted by Crippen LogP contribution is -2.44. The van der Waals surface area contributed by atoms with Crippen LogP contribution in [0.3, 0.4) is 0 Å². The van der Waals surface area contributed by atoms with Gasteiger partial charge in [0.25, 0.3) is 0 Å². The number of nitrogens with one attached hydrogen (secondary N) is 2. The molecule has 0 aromatic carbocycles. The molecule has 1 heterocycles. The van der Waals surface area contributed by atoms with E-state index in [1.54, 1.807) is 0 Å². The van der Waals surface area contributed by atoms with Gasteiger partial charge in [-0.3, -0.25) is 4.99 Å². The summed E-state index contributed by atoms with van der Waals surface area (Å²) in [6, 6.07) is 0.678. The molecular weight excluding hydrogens is 198 g/mol. The van der Waals surface area contributed by atoms with E-state index in [1.807, 2.05) is 0 Å². The van der Waals surface area contributed by atoms with Crippen molar-refractivity contribution < 1.29 is 0 Å². The summed E-state index contributed by atoms with van der Waals surface area (Å²) in [5, 5.41) is 0. The first-order chi connectivity index (χ1) is 6.45. The van der Waals surface area contributed by atoms with Crippen LogP contribution >= 0.6 is 12.4 Å². The highest BCUT2D eigenvalue weighted by Crippen LogP contribution is 2.16. The van der Waals surface area contributed by atoms with Gasteiger partial charge in [0.2, 0.25) is 0 Å². The molecule has 4 heteroatoms. The fraction of sp³-hybridized carbons (Fsp3) is 0.900. The molecule has 14 heavy (non-hydrogen) atoms. The van der Waals surface area contributed by atoms with E-state index >= 15 is 0 Å². The predicted octanol–water partition coefficient (Wildman–Crippen LogP) is 2.03. The Balaban J connectivity index is 0.000000980. The third-order valence-corrected chi connectivity index (χ3v) is 2.90. The topological polar surface area (TPSA) is 36.4 Å². The van der Waals surface area contributed by atoms with E-state index in [1.165, 1.54) is 38.5 Å². The van der Waals surface area contributed by atoms with Gasteiger partial charge in [-0.2, -0.15) is 0 Å². The largest absolute Gasteiger partial charge is 0.309 e. The van der Waals surface area contributed by atoms with Crippen LogP contribution in [0, 0.1) is 0 Å². The summed E-state index contributed by atoms with van der Waals surface area (Å²) in [6.45, 7) is 1.01. The molecule has 1 aliphatic heterocycles. The lowest BCUT2D eigenvalue weighted by molar-refractivity contribution is 0.360. The fourth-order valence-electron chi connectivity index (χ4n) is 2.07. The number of hydrogen-bond acceptors (Lipinski definition) is 3. The molecule has 0 atom stereocenters. The Morgan fingerprint density at radius 1 is 1.07 bits per heavy atom. The first kappa shape index (κ1) is 11.8. The molecule has 2 rings (SSSR count). The van der Waals surface area contributed by atoms with Crippen molar-refractivity contribution in [2.45, 2.75) is 51.0 Å². The lowest BCUT2D eigenvalue weighted by Gasteiger charge is -2.23. The Bertz CT molecular complexity index is 188. The molecule has 0 unspecified atom stereocenters. The van der Waals surface area contributed by atoms with Gasteiger partial charge in [0.05, 0.1) is 0 Å². The maximum atomic E-state index is 4.36. The molecule has 0 radical (unpaired) electrons. The van der Waals surface area contributed by atoms with Crippen LogP contribution in [-0.4, -0.2) is 18.4 Å². The molecule has 1 saturated carbocycles. The van der Waals surface area contributed by atoms with Crippen LogP contribution in [0.4, 0.5) is 0 Å². The van der Waals surface area contributed by atoms with Crippen molar-refractivity contribution in [2.75, 3.05) is 6.54 Å². The summed E-state index contributed by atoms with van der Waals surface area (Å²) in [7, 11) is 0. The molecule has 2 N–H and O–H groups in total. The van der Waals surface area contributed by atoms with Crippen LogP contribution in [0.1, 0.15) is 44.9 Å². The van der Waals surface area contributed by atoms with E-state index < -0.39 is 0 Å².